The third-order valence-electron chi connectivity index (χ3n) is 5.77. The van der Waals surface area contributed by atoms with Crippen LogP contribution in [0.4, 0.5) is 22.0 Å². The fourth-order valence-corrected chi connectivity index (χ4v) is 4.05. The summed E-state index contributed by atoms with van der Waals surface area (Å²) in [4.78, 5) is 29.9. The lowest BCUT2D eigenvalue weighted by Crippen LogP contribution is -2.50. The van der Waals surface area contributed by atoms with E-state index in [2.05, 4.69) is 25.3 Å². The van der Waals surface area contributed by atoms with Gasteiger partial charge >= 0.3 is 6.03 Å². The number of nitrogens with one attached hydrogen (secondary N) is 1. The number of nitrogens with two attached hydrogens (primary N) is 1. The molecule has 1 aliphatic carbocycles. The maximum atomic E-state index is 12.7. The third kappa shape index (κ3) is 5.19. The molecule has 0 atom stereocenters. The molecular weight excluding hydrogens is 410 g/mol. The molecule has 2 amide bonds. The molecule has 4 rings (SSSR count). The first-order valence-electron chi connectivity index (χ1n) is 10.9. The van der Waals surface area contributed by atoms with Crippen molar-refractivity contribution in [3.8, 4) is 5.88 Å². The number of carbonyl (C=O) groups excluding carboxylic acids is 1. The van der Waals surface area contributed by atoms with Gasteiger partial charge in [0.05, 0.1) is 29.3 Å². The van der Waals surface area contributed by atoms with E-state index in [9.17, 15) is 4.79 Å². The molecule has 2 fully saturated rings. The number of carbonyl (C=O) groups is 1. The topological polar surface area (TPSA) is 118 Å². The second-order valence-corrected chi connectivity index (χ2v) is 7.86. The Labute approximate surface area is 187 Å². The van der Waals surface area contributed by atoms with Crippen molar-refractivity contribution in [1.29, 1.82) is 0 Å². The average Bonchev–Trinajstić information content (AvgIpc) is 3.32. The lowest BCUT2D eigenvalue weighted by molar-refractivity contribution is 0.201. The van der Waals surface area contributed by atoms with Gasteiger partial charge in [0, 0.05) is 38.4 Å². The Hall–Kier alpha value is -3.56. The summed E-state index contributed by atoms with van der Waals surface area (Å²) >= 11 is 0. The van der Waals surface area contributed by atoms with Crippen LogP contribution in [0.15, 0.2) is 35.7 Å². The van der Waals surface area contributed by atoms with Crippen molar-refractivity contribution in [1.82, 2.24) is 14.9 Å². The Morgan fingerprint density at radius 1 is 1.19 bits per heavy atom. The van der Waals surface area contributed by atoms with Crippen molar-refractivity contribution in [3.05, 3.63) is 36.2 Å². The van der Waals surface area contributed by atoms with Crippen molar-refractivity contribution in [3.63, 3.8) is 0 Å². The van der Waals surface area contributed by atoms with Gasteiger partial charge in [-0.25, -0.2) is 14.8 Å². The highest BCUT2D eigenvalue weighted by Gasteiger charge is 2.23. The predicted molar refractivity (Wildman–Crippen MR) is 123 cm³/mol. The van der Waals surface area contributed by atoms with Crippen LogP contribution in [-0.4, -0.2) is 66.5 Å². The summed E-state index contributed by atoms with van der Waals surface area (Å²) in [6, 6.07) is 5.38. The minimum Gasteiger partial charge on any atom is -0.474 e. The Bertz CT molecular complexity index is 937. The molecule has 0 aromatic carbocycles. The zero-order chi connectivity index (χ0) is 22.3. The van der Waals surface area contributed by atoms with Crippen LogP contribution in [0.5, 0.6) is 5.88 Å². The van der Waals surface area contributed by atoms with E-state index in [4.69, 9.17) is 15.3 Å². The zero-order valence-corrected chi connectivity index (χ0v) is 18.2. The van der Waals surface area contributed by atoms with Crippen molar-refractivity contribution < 1.29 is 14.4 Å². The van der Waals surface area contributed by atoms with Crippen LogP contribution in [0.1, 0.15) is 31.2 Å². The van der Waals surface area contributed by atoms with Crippen LogP contribution >= 0.6 is 0 Å². The van der Waals surface area contributed by atoms with E-state index in [0.717, 1.165) is 18.5 Å². The predicted octanol–water partition coefficient (Wildman–Crippen LogP) is 2.71. The summed E-state index contributed by atoms with van der Waals surface area (Å²) in [5.41, 5.74) is 8.29. The molecule has 2 aromatic rings. The van der Waals surface area contributed by atoms with Crippen LogP contribution in [0.2, 0.25) is 0 Å². The molecular formula is C22H29N7O3. The Balaban J connectivity index is 1.31. The molecule has 2 aromatic heterocycles. The third-order valence-corrected chi connectivity index (χ3v) is 5.77. The summed E-state index contributed by atoms with van der Waals surface area (Å²) in [5, 5.41) is 6.74. The van der Waals surface area contributed by atoms with E-state index in [1.165, 1.54) is 20.0 Å². The van der Waals surface area contributed by atoms with Crippen LogP contribution in [0.25, 0.3) is 0 Å². The van der Waals surface area contributed by atoms with Crippen LogP contribution < -0.4 is 20.7 Å². The van der Waals surface area contributed by atoms with Gasteiger partial charge in [0.1, 0.15) is 19.0 Å². The fourth-order valence-electron chi connectivity index (χ4n) is 4.05. The summed E-state index contributed by atoms with van der Waals surface area (Å²) in [6.45, 7) is 2.48. The van der Waals surface area contributed by atoms with Gasteiger partial charge in [0.2, 0.25) is 5.88 Å². The van der Waals surface area contributed by atoms with Crippen molar-refractivity contribution >= 4 is 29.4 Å². The molecule has 0 radical (unpaired) electrons. The SMILES string of the molecule is CO/N=C/c1c(N2CCN(C(=O)Nc3ccc(OC4CCCC4)nc3)CC2)ccnc1N. The number of aromatic nitrogens is 2. The van der Waals surface area contributed by atoms with Gasteiger partial charge in [0.25, 0.3) is 0 Å². The van der Waals surface area contributed by atoms with E-state index in [1.807, 2.05) is 18.2 Å². The van der Waals surface area contributed by atoms with Gasteiger partial charge in [-0.15, -0.1) is 0 Å². The van der Waals surface area contributed by atoms with E-state index < -0.39 is 0 Å². The first-order valence-corrected chi connectivity index (χ1v) is 10.9. The van der Waals surface area contributed by atoms with Crippen molar-refractivity contribution in [2.24, 2.45) is 5.16 Å². The largest absolute Gasteiger partial charge is 0.474 e. The smallest absolute Gasteiger partial charge is 0.322 e. The Morgan fingerprint density at radius 2 is 1.97 bits per heavy atom. The number of urea groups is 1. The van der Waals surface area contributed by atoms with Gasteiger partial charge in [-0.2, -0.15) is 0 Å². The highest BCUT2D eigenvalue weighted by atomic mass is 16.6. The zero-order valence-electron chi connectivity index (χ0n) is 18.2. The summed E-state index contributed by atoms with van der Waals surface area (Å²) in [5.74, 6) is 0.990. The van der Waals surface area contributed by atoms with Crippen molar-refractivity contribution in [2.75, 3.05) is 49.2 Å². The maximum Gasteiger partial charge on any atom is 0.322 e. The molecule has 10 heteroatoms. The monoisotopic (exact) mass is 439 g/mol. The minimum absolute atomic E-state index is 0.147. The Morgan fingerprint density at radius 3 is 2.66 bits per heavy atom. The molecule has 3 N–H and O–H groups in total. The van der Waals surface area contributed by atoms with Gasteiger partial charge in [-0.3, -0.25) is 0 Å². The highest BCUT2D eigenvalue weighted by Crippen LogP contribution is 2.25. The van der Waals surface area contributed by atoms with Crippen LogP contribution in [-0.2, 0) is 4.84 Å². The molecule has 1 saturated heterocycles. The molecule has 0 unspecified atom stereocenters. The van der Waals surface area contributed by atoms with Crippen LogP contribution in [0, 0.1) is 0 Å². The molecule has 2 aliphatic rings. The molecule has 1 saturated carbocycles. The molecule has 32 heavy (non-hydrogen) atoms. The van der Waals surface area contributed by atoms with Gasteiger partial charge in [-0.1, -0.05) is 5.16 Å². The maximum absolute atomic E-state index is 12.7. The summed E-state index contributed by atoms with van der Waals surface area (Å²) in [6.07, 6.45) is 9.71. The number of nitrogen functional groups attached to an aromatic ring is 1. The lowest BCUT2D eigenvalue weighted by atomic mass is 10.2. The number of amides is 2. The van der Waals surface area contributed by atoms with Gasteiger partial charge < -0.3 is 30.4 Å². The number of nitrogens with zero attached hydrogens (tertiary/aromatic N) is 5. The molecule has 170 valence electrons. The standard InChI is InChI=1S/C22H29N7O3/c1-31-26-15-18-19(8-9-24-21(18)23)28-10-12-29(13-11-28)22(30)27-16-6-7-20(25-14-16)32-17-4-2-3-5-17/h6-9,14-15,17H,2-5,10-13H2,1H3,(H2,23,24)(H,27,30)/b26-15+. The van der Waals surface area contributed by atoms with E-state index >= 15 is 0 Å². The van der Waals surface area contributed by atoms with Gasteiger partial charge in [0.15, 0.2) is 0 Å². The highest BCUT2D eigenvalue weighted by molar-refractivity contribution is 5.93. The number of piperazine rings is 1. The summed E-state index contributed by atoms with van der Waals surface area (Å²) < 4.78 is 5.88. The molecule has 0 bridgehead atoms. The molecule has 1 aliphatic heterocycles. The van der Waals surface area contributed by atoms with Crippen molar-refractivity contribution in [2.45, 2.75) is 31.8 Å². The second-order valence-electron chi connectivity index (χ2n) is 7.86. The first kappa shape index (κ1) is 21.7. The number of anilines is 3. The number of rotatable bonds is 6. The number of hydrogen-bond acceptors (Lipinski definition) is 8. The molecule has 10 nitrogen and oxygen atoms in total. The second kappa shape index (κ2) is 10.2. The van der Waals surface area contributed by atoms with E-state index in [0.29, 0.717) is 49.1 Å². The number of ether oxygens (including phenoxy) is 1. The first-order chi connectivity index (χ1) is 15.6. The van der Waals surface area contributed by atoms with Crippen LogP contribution in [0.3, 0.4) is 0 Å². The Kier molecular flexibility index (Phi) is 6.88. The minimum atomic E-state index is -0.147. The number of hydrogen-bond donors (Lipinski definition) is 2. The number of pyridine rings is 2. The number of oxime groups is 1. The van der Waals surface area contributed by atoms with Gasteiger partial charge in [-0.05, 0) is 37.8 Å². The van der Waals surface area contributed by atoms with E-state index in [1.54, 1.807) is 23.5 Å². The fraction of sp³-hybridized carbons (Fsp3) is 0.455. The lowest BCUT2D eigenvalue weighted by Gasteiger charge is -2.36. The molecule has 0 spiro atoms. The average molecular weight is 440 g/mol. The quantitative estimate of drug-likeness (QED) is 0.525. The molecule has 3 heterocycles. The van der Waals surface area contributed by atoms with E-state index in [-0.39, 0.29) is 12.1 Å². The normalized spacial score (nSPS) is 17.0. The summed E-state index contributed by atoms with van der Waals surface area (Å²) in [7, 11) is 1.48.